The van der Waals surface area contributed by atoms with Crippen LogP contribution in [-0.4, -0.2) is 10.7 Å². The molecule has 2 nitrogen and oxygen atoms in total. The molecular weight excluding hydrogens is 198 g/mol. The van der Waals surface area contributed by atoms with Crippen LogP contribution < -0.4 is 0 Å². The molecule has 90 valence electrons. The van der Waals surface area contributed by atoms with Crippen LogP contribution in [0.4, 0.5) is 0 Å². The van der Waals surface area contributed by atoms with Crippen molar-refractivity contribution in [3.8, 4) is 6.07 Å². The maximum atomic E-state index is 10.7. The standard InChI is InChI=1S/C14H23NO/c1-13(16,10-12-6-5-7-12)14(11-15)8-3-2-4-9-14/h12,16H,2-10H2,1H3. The normalized spacial score (nSPS) is 28.8. The van der Waals surface area contributed by atoms with Crippen LogP contribution in [0.1, 0.15) is 64.7 Å². The summed E-state index contributed by atoms with van der Waals surface area (Å²) in [4.78, 5) is 0. The molecule has 16 heavy (non-hydrogen) atoms. The number of hydrogen-bond donors (Lipinski definition) is 1. The second-order valence-corrected chi connectivity index (χ2v) is 6.03. The molecule has 1 N–H and O–H groups in total. The summed E-state index contributed by atoms with van der Waals surface area (Å²) in [7, 11) is 0. The second kappa shape index (κ2) is 4.37. The molecule has 2 aliphatic carbocycles. The molecule has 2 aliphatic rings. The maximum Gasteiger partial charge on any atom is 0.0857 e. The minimum atomic E-state index is -0.771. The van der Waals surface area contributed by atoms with E-state index >= 15 is 0 Å². The van der Waals surface area contributed by atoms with Crippen molar-refractivity contribution in [2.24, 2.45) is 11.3 Å². The zero-order valence-corrected chi connectivity index (χ0v) is 10.3. The summed E-state index contributed by atoms with van der Waals surface area (Å²) in [6.07, 6.45) is 9.86. The fraction of sp³-hybridized carbons (Fsp3) is 0.929. The molecule has 2 fully saturated rings. The van der Waals surface area contributed by atoms with Crippen LogP contribution in [0.15, 0.2) is 0 Å². The Morgan fingerprint density at radius 1 is 1.25 bits per heavy atom. The van der Waals surface area contributed by atoms with Gasteiger partial charge in [-0.3, -0.25) is 0 Å². The predicted octanol–water partition coefficient (Wildman–Crippen LogP) is 3.40. The fourth-order valence-electron chi connectivity index (χ4n) is 3.38. The van der Waals surface area contributed by atoms with E-state index in [1.165, 1.54) is 25.7 Å². The second-order valence-electron chi connectivity index (χ2n) is 6.03. The Labute approximate surface area is 98.7 Å². The Morgan fingerprint density at radius 2 is 1.88 bits per heavy atom. The van der Waals surface area contributed by atoms with E-state index in [0.717, 1.165) is 32.1 Å². The summed E-state index contributed by atoms with van der Waals surface area (Å²) in [6, 6.07) is 2.46. The Kier molecular flexibility index (Phi) is 3.26. The van der Waals surface area contributed by atoms with Gasteiger partial charge in [0.15, 0.2) is 0 Å². The van der Waals surface area contributed by atoms with Crippen molar-refractivity contribution in [3.05, 3.63) is 0 Å². The van der Waals surface area contributed by atoms with Gasteiger partial charge in [0, 0.05) is 0 Å². The lowest BCUT2D eigenvalue weighted by Crippen LogP contribution is -2.48. The zero-order valence-electron chi connectivity index (χ0n) is 10.3. The molecule has 0 saturated heterocycles. The van der Waals surface area contributed by atoms with Gasteiger partial charge in [0.1, 0.15) is 0 Å². The highest BCUT2D eigenvalue weighted by Crippen LogP contribution is 2.49. The number of rotatable bonds is 3. The Balaban J connectivity index is 2.08. The lowest BCUT2D eigenvalue weighted by atomic mass is 9.61. The van der Waals surface area contributed by atoms with Gasteiger partial charge in [-0.1, -0.05) is 38.5 Å². The van der Waals surface area contributed by atoms with E-state index in [1.807, 2.05) is 6.92 Å². The van der Waals surface area contributed by atoms with Gasteiger partial charge in [-0.15, -0.1) is 0 Å². The van der Waals surface area contributed by atoms with Gasteiger partial charge in [0.2, 0.25) is 0 Å². The zero-order chi connectivity index (χ0) is 11.6. The first-order chi connectivity index (χ1) is 7.60. The molecule has 2 heteroatoms. The van der Waals surface area contributed by atoms with Crippen molar-refractivity contribution in [1.29, 1.82) is 5.26 Å². The van der Waals surface area contributed by atoms with Crippen LogP contribution in [0.3, 0.4) is 0 Å². The molecule has 0 aromatic carbocycles. The van der Waals surface area contributed by atoms with Crippen molar-refractivity contribution in [2.75, 3.05) is 0 Å². The third-order valence-corrected chi connectivity index (χ3v) is 4.86. The summed E-state index contributed by atoms with van der Waals surface area (Å²) >= 11 is 0. The van der Waals surface area contributed by atoms with E-state index < -0.39 is 11.0 Å². The average molecular weight is 221 g/mol. The highest BCUT2D eigenvalue weighted by atomic mass is 16.3. The predicted molar refractivity (Wildman–Crippen MR) is 63.7 cm³/mol. The van der Waals surface area contributed by atoms with Gasteiger partial charge in [0.05, 0.1) is 17.1 Å². The molecule has 0 spiro atoms. The highest BCUT2D eigenvalue weighted by Gasteiger charge is 2.49. The van der Waals surface area contributed by atoms with Gasteiger partial charge < -0.3 is 5.11 Å². The van der Waals surface area contributed by atoms with Crippen LogP contribution in [0, 0.1) is 22.7 Å². The molecule has 1 atom stereocenters. The summed E-state index contributed by atoms with van der Waals surface area (Å²) in [5.41, 5.74) is -1.23. The summed E-state index contributed by atoms with van der Waals surface area (Å²) in [6.45, 7) is 1.90. The Hall–Kier alpha value is -0.550. The van der Waals surface area contributed by atoms with Crippen LogP contribution in [0.5, 0.6) is 0 Å². The largest absolute Gasteiger partial charge is 0.389 e. The minimum Gasteiger partial charge on any atom is -0.389 e. The highest BCUT2D eigenvalue weighted by molar-refractivity contribution is 5.11. The van der Waals surface area contributed by atoms with Crippen molar-refractivity contribution in [3.63, 3.8) is 0 Å². The van der Waals surface area contributed by atoms with Gasteiger partial charge in [-0.2, -0.15) is 5.26 Å². The Morgan fingerprint density at radius 3 is 2.31 bits per heavy atom. The van der Waals surface area contributed by atoms with E-state index in [2.05, 4.69) is 6.07 Å². The van der Waals surface area contributed by atoms with E-state index in [9.17, 15) is 10.4 Å². The monoisotopic (exact) mass is 221 g/mol. The first kappa shape index (κ1) is 11.9. The van der Waals surface area contributed by atoms with Crippen LogP contribution in [0.2, 0.25) is 0 Å². The van der Waals surface area contributed by atoms with E-state index in [0.29, 0.717) is 5.92 Å². The first-order valence-corrected chi connectivity index (χ1v) is 6.73. The van der Waals surface area contributed by atoms with E-state index in [-0.39, 0.29) is 0 Å². The molecule has 2 saturated carbocycles. The summed E-state index contributed by atoms with van der Waals surface area (Å²) < 4.78 is 0. The van der Waals surface area contributed by atoms with Crippen LogP contribution in [0.25, 0.3) is 0 Å². The third kappa shape index (κ3) is 1.98. The molecule has 0 aliphatic heterocycles. The molecular formula is C14H23NO. The van der Waals surface area contributed by atoms with Crippen molar-refractivity contribution < 1.29 is 5.11 Å². The summed E-state index contributed by atoms with van der Waals surface area (Å²) in [5, 5.41) is 20.2. The quantitative estimate of drug-likeness (QED) is 0.793. The number of hydrogen-bond acceptors (Lipinski definition) is 2. The van der Waals surface area contributed by atoms with Crippen LogP contribution in [-0.2, 0) is 0 Å². The minimum absolute atomic E-state index is 0.458. The number of aliphatic hydroxyl groups is 1. The molecule has 1 unspecified atom stereocenters. The lowest BCUT2D eigenvalue weighted by molar-refractivity contribution is -0.0806. The molecule has 0 heterocycles. The van der Waals surface area contributed by atoms with E-state index in [1.54, 1.807) is 0 Å². The van der Waals surface area contributed by atoms with Gasteiger partial charge in [0.25, 0.3) is 0 Å². The smallest absolute Gasteiger partial charge is 0.0857 e. The van der Waals surface area contributed by atoms with Crippen molar-refractivity contribution in [2.45, 2.75) is 70.3 Å². The van der Waals surface area contributed by atoms with Gasteiger partial charge >= 0.3 is 0 Å². The SMILES string of the molecule is CC(O)(CC1CCC1)C1(C#N)CCCCC1. The lowest BCUT2D eigenvalue weighted by Gasteiger charge is -2.45. The van der Waals surface area contributed by atoms with Gasteiger partial charge in [-0.05, 0) is 32.1 Å². The topological polar surface area (TPSA) is 44.0 Å². The molecule has 0 aromatic heterocycles. The maximum absolute atomic E-state index is 10.7. The average Bonchev–Trinajstić information content (AvgIpc) is 2.24. The molecule has 0 aromatic rings. The van der Waals surface area contributed by atoms with Crippen molar-refractivity contribution >= 4 is 0 Å². The molecule has 0 radical (unpaired) electrons. The first-order valence-electron chi connectivity index (χ1n) is 6.73. The molecule has 0 amide bonds. The molecule has 2 rings (SSSR count). The third-order valence-electron chi connectivity index (χ3n) is 4.86. The fourth-order valence-corrected chi connectivity index (χ4v) is 3.38. The van der Waals surface area contributed by atoms with Crippen LogP contribution >= 0.6 is 0 Å². The number of nitriles is 1. The molecule has 0 bridgehead atoms. The van der Waals surface area contributed by atoms with E-state index in [4.69, 9.17) is 0 Å². The van der Waals surface area contributed by atoms with Gasteiger partial charge in [-0.25, -0.2) is 0 Å². The Bertz CT molecular complexity index is 280. The van der Waals surface area contributed by atoms with Crippen molar-refractivity contribution in [1.82, 2.24) is 0 Å². The summed E-state index contributed by atoms with van der Waals surface area (Å²) in [5.74, 6) is 0.669. The number of nitrogens with zero attached hydrogens (tertiary/aromatic N) is 1.